The van der Waals surface area contributed by atoms with Crippen molar-refractivity contribution in [3.63, 3.8) is 0 Å². The van der Waals surface area contributed by atoms with Gasteiger partial charge in [-0.3, -0.25) is 19.3 Å². The van der Waals surface area contributed by atoms with Gasteiger partial charge in [0.15, 0.2) is 5.75 Å². The SMILES string of the molecule is O=C(CN1C(=O)S/C(=C\c2cc(Cl)c(OCc3ccc(I)cc3)c(Br)c2)C1=O)N1CCCCC1. The van der Waals surface area contributed by atoms with E-state index < -0.39 is 11.1 Å². The van der Waals surface area contributed by atoms with Crippen molar-refractivity contribution in [2.45, 2.75) is 25.9 Å². The number of hydrogen-bond donors (Lipinski definition) is 0. The van der Waals surface area contributed by atoms with Crippen LogP contribution >= 0.6 is 61.9 Å². The lowest BCUT2D eigenvalue weighted by atomic mass is 10.1. The molecule has 2 heterocycles. The Morgan fingerprint density at radius 2 is 1.85 bits per heavy atom. The first-order chi connectivity index (χ1) is 16.3. The number of thioether (sulfide) groups is 1. The molecule has 178 valence electrons. The third-order valence-corrected chi connectivity index (χ3v) is 7.99. The number of amides is 3. The van der Waals surface area contributed by atoms with Gasteiger partial charge in [0.25, 0.3) is 11.1 Å². The van der Waals surface area contributed by atoms with Crippen LogP contribution in [-0.4, -0.2) is 46.5 Å². The zero-order chi connectivity index (χ0) is 24.2. The molecular weight excluding hydrogens is 655 g/mol. The molecule has 2 aliphatic heterocycles. The molecular formula is C24H21BrClIN2O4S. The predicted octanol–water partition coefficient (Wildman–Crippen LogP) is 6.33. The third kappa shape index (κ3) is 6.16. The van der Waals surface area contributed by atoms with Crippen molar-refractivity contribution < 1.29 is 19.1 Å². The van der Waals surface area contributed by atoms with Crippen molar-refractivity contribution in [2.24, 2.45) is 0 Å². The summed E-state index contributed by atoms with van der Waals surface area (Å²) in [5.41, 5.74) is 1.66. The van der Waals surface area contributed by atoms with Crippen LogP contribution < -0.4 is 4.74 Å². The fourth-order valence-corrected chi connectivity index (χ4v) is 5.89. The number of ether oxygens (including phenoxy) is 1. The van der Waals surface area contributed by atoms with E-state index in [-0.39, 0.29) is 17.4 Å². The first kappa shape index (κ1) is 25.5. The van der Waals surface area contributed by atoms with Crippen molar-refractivity contribution in [3.8, 4) is 5.75 Å². The minimum absolute atomic E-state index is 0.191. The normalized spacial score (nSPS) is 17.6. The van der Waals surface area contributed by atoms with Gasteiger partial charge in [-0.1, -0.05) is 23.7 Å². The number of carbonyl (C=O) groups is 3. The molecule has 4 rings (SSSR count). The number of carbonyl (C=O) groups excluding carboxylic acids is 3. The number of benzene rings is 2. The van der Waals surface area contributed by atoms with E-state index >= 15 is 0 Å². The molecule has 0 spiro atoms. The molecule has 2 aromatic carbocycles. The highest BCUT2D eigenvalue weighted by atomic mass is 127. The third-order valence-electron chi connectivity index (χ3n) is 5.49. The number of rotatable bonds is 6. The fourth-order valence-electron chi connectivity index (χ4n) is 3.70. The number of piperidine rings is 1. The highest BCUT2D eigenvalue weighted by molar-refractivity contribution is 14.1. The molecule has 2 fully saturated rings. The standard InChI is InChI=1S/C24H21BrClIN2O4S/c25-18-10-16(11-19(26)22(18)33-14-15-4-6-17(27)7-5-15)12-20-23(31)29(24(32)34-20)13-21(30)28-8-2-1-3-9-28/h4-7,10-12H,1-3,8-9,13-14H2/b20-12-. The molecule has 0 saturated carbocycles. The van der Waals surface area contributed by atoms with Crippen LogP contribution in [0.25, 0.3) is 6.08 Å². The van der Waals surface area contributed by atoms with Crippen LogP contribution in [0.3, 0.4) is 0 Å². The van der Waals surface area contributed by atoms with Crippen molar-refractivity contribution in [3.05, 3.63) is 65.5 Å². The van der Waals surface area contributed by atoms with Gasteiger partial charge in [-0.25, -0.2) is 0 Å². The van der Waals surface area contributed by atoms with Gasteiger partial charge < -0.3 is 9.64 Å². The Morgan fingerprint density at radius 1 is 1.15 bits per heavy atom. The average Bonchev–Trinajstić information content (AvgIpc) is 3.07. The van der Waals surface area contributed by atoms with E-state index in [9.17, 15) is 14.4 Å². The summed E-state index contributed by atoms with van der Waals surface area (Å²) in [6, 6.07) is 11.5. The van der Waals surface area contributed by atoms with Crippen LogP contribution in [0.5, 0.6) is 5.75 Å². The van der Waals surface area contributed by atoms with E-state index in [1.165, 1.54) is 0 Å². The van der Waals surface area contributed by atoms with Crippen molar-refractivity contribution >= 4 is 85.0 Å². The van der Waals surface area contributed by atoms with E-state index in [0.29, 0.717) is 40.5 Å². The molecule has 6 nitrogen and oxygen atoms in total. The summed E-state index contributed by atoms with van der Waals surface area (Å²) in [4.78, 5) is 40.8. The molecule has 2 saturated heterocycles. The monoisotopic (exact) mass is 674 g/mol. The summed E-state index contributed by atoms with van der Waals surface area (Å²) in [7, 11) is 0. The molecule has 0 atom stereocenters. The Bertz CT molecular complexity index is 1130. The Balaban J connectivity index is 1.44. The second-order valence-electron chi connectivity index (χ2n) is 7.94. The van der Waals surface area contributed by atoms with Gasteiger partial charge in [-0.05, 0) is 111 Å². The minimum Gasteiger partial charge on any atom is -0.486 e. The molecule has 3 amide bonds. The first-order valence-corrected chi connectivity index (χ1v) is 13.8. The van der Waals surface area contributed by atoms with Crippen molar-refractivity contribution in [2.75, 3.05) is 19.6 Å². The number of hydrogen-bond acceptors (Lipinski definition) is 5. The summed E-state index contributed by atoms with van der Waals surface area (Å²) >= 11 is 13.0. The van der Waals surface area contributed by atoms with Crippen LogP contribution in [0.1, 0.15) is 30.4 Å². The van der Waals surface area contributed by atoms with Gasteiger partial charge in [-0.15, -0.1) is 0 Å². The van der Waals surface area contributed by atoms with E-state index in [2.05, 4.69) is 38.5 Å². The zero-order valence-electron chi connectivity index (χ0n) is 18.1. The lowest BCUT2D eigenvalue weighted by Gasteiger charge is -2.27. The number of halogens is 3. The van der Waals surface area contributed by atoms with E-state index in [0.717, 1.165) is 45.1 Å². The van der Waals surface area contributed by atoms with E-state index in [4.69, 9.17) is 16.3 Å². The Labute approximate surface area is 229 Å². The summed E-state index contributed by atoms with van der Waals surface area (Å²) in [6.45, 7) is 1.49. The van der Waals surface area contributed by atoms with Crippen LogP contribution in [0, 0.1) is 3.57 Å². The minimum atomic E-state index is -0.466. The van der Waals surface area contributed by atoms with E-state index in [1.807, 2.05) is 24.3 Å². The van der Waals surface area contributed by atoms with E-state index in [1.54, 1.807) is 23.1 Å². The lowest BCUT2D eigenvalue weighted by molar-refractivity contribution is -0.136. The molecule has 10 heteroatoms. The van der Waals surface area contributed by atoms with Crippen LogP contribution in [0.2, 0.25) is 5.02 Å². The molecule has 0 aliphatic carbocycles. The van der Waals surface area contributed by atoms with Gasteiger partial charge >= 0.3 is 0 Å². The maximum Gasteiger partial charge on any atom is 0.294 e. The molecule has 0 unspecified atom stereocenters. The molecule has 2 aliphatic rings. The molecule has 0 radical (unpaired) electrons. The Morgan fingerprint density at radius 3 is 2.53 bits per heavy atom. The van der Waals surface area contributed by atoms with Crippen LogP contribution in [0.15, 0.2) is 45.8 Å². The number of likely N-dealkylation sites (tertiary alicyclic amines) is 1. The number of imide groups is 1. The maximum atomic E-state index is 12.8. The second-order valence-corrected chi connectivity index (χ2v) is 11.4. The van der Waals surface area contributed by atoms with Gasteiger partial charge in [0.05, 0.1) is 14.4 Å². The summed E-state index contributed by atoms with van der Waals surface area (Å²) in [6.07, 6.45) is 4.61. The zero-order valence-corrected chi connectivity index (χ0v) is 23.4. The highest BCUT2D eigenvalue weighted by Gasteiger charge is 2.37. The molecule has 2 aromatic rings. The van der Waals surface area contributed by atoms with Crippen LogP contribution in [-0.2, 0) is 16.2 Å². The highest BCUT2D eigenvalue weighted by Crippen LogP contribution is 2.38. The van der Waals surface area contributed by atoms with Crippen molar-refractivity contribution in [1.82, 2.24) is 9.80 Å². The summed E-state index contributed by atoms with van der Waals surface area (Å²) in [5, 5.41) is -0.0603. The average molecular weight is 676 g/mol. The fraction of sp³-hybridized carbons (Fsp3) is 0.292. The summed E-state index contributed by atoms with van der Waals surface area (Å²) < 4.78 is 7.68. The number of nitrogens with zero attached hydrogens (tertiary/aromatic N) is 2. The van der Waals surface area contributed by atoms with Crippen molar-refractivity contribution in [1.29, 1.82) is 0 Å². The Hall–Kier alpha value is -1.56. The van der Waals surface area contributed by atoms with Gasteiger partial charge in [0.1, 0.15) is 13.2 Å². The Kier molecular flexibility index (Phi) is 8.60. The molecule has 34 heavy (non-hydrogen) atoms. The lowest BCUT2D eigenvalue weighted by Crippen LogP contribution is -2.44. The smallest absolute Gasteiger partial charge is 0.294 e. The molecule has 0 aromatic heterocycles. The van der Waals surface area contributed by atoms with Gasteiger partial charge in [0.2, 0.25) is 5.91 Å². The topological polar surface area (TPSA) is 66.9 Å². The summed E-state index contributed by atoms with van der Waals surface area (Å²) in [5.74, 6) is -0.159. The predicted molar refractivity (Wildman–Crippen MR) is 146 cm³/mol. The maximum absolute atomic E-state index is 12.8. The first-order valence-electron chi connectivity index (χ1n) is 10.7. The quantitative estimate of drug-likeness (QED) is 0.265. The van der Waals surface area contributed by atoms with Crippen LogP contribution in [0.4, 0.5) is 4.79 Å². The largest absolute Gasteiger partial charge is 0.486 e. The van der Waals surface area contributed by atoms with Gasteiger partial charge in [0, 0.05) is 16.7 Å². The van der Waals surface area contributed by atoms with Gasteiger partial charge in [-0.2, -0.15) is 0 Å². The molecule has 0 bridgehead atoms. The molecule has 0 N–H and O–H groups in total. The second kappa shape index (κ2) is 11.5.